The Kier molecular flexibility index (Phi) is 4.62. The maximum absolute atomic E-state index is 13.5. The number of hydrogen-bond donors (Lipinski definition) is 0. The molecule has 0 spiro atoms. The number of imidazole rings is 2. The van der Waals surface area contributed by atoms with Gasteiger partial charge in [-0.25, -0.2) is 4.79 Å². The van der Waals surface area contributed by atoms with E-state index in [1.165, 1.54) is 14.7 Å². The topological polar surface area (TPSA) is 66.2 Å². The minimum atomic E-state index is -0.369. The Bertz CT molecular complexity index is 1610. The second kappa shape index (κ2) is 7.37. The molecule has 2 aromatic carbocycles. The van der Waals surface area contributed by atoms with Gasteiger partial charge in [-0.15, -0.1) is 0 Å². The van der Waals surface area contributed by atoms with Crippen LogP contribution >= 0.6 is 0 Å². The first kappa shape index (κ1) is 20.1. The molecule has 7 heteroatoms. The zero-order chi connectivity index (χ0) is 22.6. The van der Waals surface area contributed by atoms with E-state index in [0.29, 0.717) is 23.5 Å². The van der Waals surface area contributed by atoms with E-state index in [4.69, 9.17) is 4.98 Å². The number of rotatable bonds is 4. The molecular formula is C25H25N5O2. The molecule has 0 atom stereocenters. The average molecular weight is 428 g/mol. The standard InChI is InChI=1S/C25H25N5O2/c1-16-7-5-9-19(11-16)14-28-18(3)13-29-21-22(26-24(28)29)27(4)25(32)30(23(21)31)15-20-10-6-8-17(2)12-20/h5-13H,14-15H2,1-4H3. The van der Waals surface area contributed by atoms with Gasteiger partial charge < -0.3 is 4.57 Å². The predicted molar refractivity (Wildman–Crippen MR) is 125 cm³/mol. The van der Waals surface area contributed by atoms with Crippen molar-refractivity contribution in [2.45, 2.75) is 33.9 Å². The molecule has 3 aromatic heterocycles. The van der Waals surface area contributed by atoms with E-state index in [9.17, 15) is 9.59 Å². The molecule has 0 fully saturated rings. The lowest BCUT2D eigenvalue weighted by Gasteiger charge is -2.09. The third kappa shape index (κ3) is 3.17. The van der Waals surface area contributed by atoms with Crippen LogP contribution in [-0.2, 0) is 20.1 Å². The van der Waals surface area contributed by atoms with Gasteiger partial charge in [-0.05, 0) is 31.9 Å². The molecule has 32 heavy (non-hydrogen) atoms. The average Bonchev–Trinajstić information content (AvgIpc) is 3.26. The first-order valence-electron chi connectivity index (χ1n) is 10.6. The summed E-state index contributed by atoms with van der Waals surface area (Å²) in [4.78, 5) is 31.2. The number of aryl methyl sites for hydroxylation is 4. The quantitative estimate of drug-likeness (QED) is 0.443. The molecule has 0 unspecified atom stereocenters. The maximum Gasteiger partial charge on any atom is 0.332 e. The van der Waals surface area contributed by atoms with Crippen molar-refractivity contribution in [1.29, 1.82) is 0 Å². The van der Waals surface area contributed by atoms with E-state index in [2.05, 4.69) is 29.7 Å². The van der Waals surface area contributed by atoms with Crippen molar-refractivity contribution in [3.05, 3.63) is 104 Å². The van der Waals surface area contributed by atoms with E-state index in [-0.39, 0.29) is 17.8 Å². The Morgan fingerprint density at radius 1 is 0.844 bits per heavy atom. The fourth-order valence-electron chi connectivity index (χ4n) is 4.38. The lowest BCUT2D eigenvalue weighted by atomic mass is 10.1. The summed E-state index contributed by atoms with van der Waals surface area (Å²) >= 11 is 0. The van der Waals surface area contributed by atoms with Crippen LogP contribution in [0.3, 0.4) is 0 Å². The van der Waals surface area contributed by atoms with Crippen molar-refractivity contribution in [1.82, 2.24) is 23.1 Å². The zero-order valence-corrected chi connectivity index (χ0v) is 18.7. The van der Waals surface area contributed by atoms with Gasteiger partial charge in [0.2, 0.25) is 5.78 Å². The molecule has 7 nitrogen and oxygen atoms in total. The number of fused-ring (bicyclic) bond motifs is 3. The summed E-state index contributed by atoms with van der Waals surface area (Å²) in [5.41, 5.74) is 5.46. The largest absolute Gasteiger partial charge is 0.332 e. The predicted octanol–water partition coefficient (Wildman–Crippen LogP) is 3.17. The van der Waals surface area contributed by atoms with Crippen molar-refractivity contribution in [2.24, 2.45) is 7.05 Å². The molecule has 162 valence electrons. The monoisotopic (exact) mass is 427 g/mol. The Labute approximate surface area is 184 Å². The van der Waals surface area contributed by atoms with Gasteiger partial charge in [-0.2, -0.15) is 4.98 Å². The van der Waals surface area contributed by atoms with Crippen molar-refractivity contribution in [3.8, 4) is 0 Å². The van der Waals surface area contributed by atoms with E-state index >= 15 is 0 Å². The summed E-state index contributed by atoms with van der Waals surface area (Å²) in [7, 11) is 1.67. The molecule has 5 aromatic rings. The number of aromatic nitrogens is 5. The number of nitrogens with zero attached hydrogens (tertiary/aromatic N) is 5. The fraction of sp³-hybridized carbons (Fsp3) is 0.240. The molecule has 0 aliphatic heterocycles. The Morgan fingerprint density at radius 2 is 1.44 bits per heavy atom. The highest BCUT2D eigenvalue weighted by Crippen LogP contribution is 2.18. The molecule has 0 aliphatic rings. The molecular weight excluding hydrogens is 402 g/mol. The van der Waals surface area contributed by atoms with Crippen LogP contribution < -0.4 is 11.2 Å². The first-order chi connectivity index (χ1) is 15.3. The highest BCUT2D eigenvalue weighted by molar-refractivity contribution is 5.75. The van der Waals surface area contributed by atoms with Gasteiger partial charge in [0.25, 0.3) is 5.56 Å². The van der Waals surface area contributed by atoms with E-state index in [1.54, 1.807) is 7.05 Å². The summed E-state index contributed by atoms with van der Waals surface area (Å²) in [5, 5.41) is 0. The normalized spacial score (nSPS) is 11.6. The molecule has 0 saturated heterocycles. The van der Waals surface area contributed by atoms with E-state index < -0.39 is 0 Å². The molecule has 3 heterocycles. The van der Waals surface area contributed by atoms with Crippen molar-refractivity contribution in [3.63, 3.8) is 0 Å². The second-order valence-corrected chi connectivity index (χ2v) is 8.52. The first-order valence-corrected chi connectivity index (χ1v) is 10.6. The highest BCUT2D eigenvalue weighted by Gasteiger charge is 2.20. The Balaban J connectivity index is 1.71. The van der Waals surface area contributed by atoms with Crippen LogP contribution in [0.15, 0.2) is 64.3 Å². The van der Waals surface area contributed by atoms with Crippen LogP contribution in [0.2, 0.25) is 0 Å². The summed E-state index contributed by atoms with van der Waals surface area (Å²) in [6, 6.07) is 16.2. The summed E-state index contributed by atoms with van der Waals surface area (Å²) < 4.78 is 6.64. The van der Waals surface area contributed by atoms with Crippen LogP contribution in [0.5, 0.6) is 0 Å². The molecule has 0 N–H and O–H groups in total. The van der Waals surface area contributed by atoms with E-state index in [1.807, 2.05) is 54.8 Å². The van der Waals surface area contributed by atoms with E-state index in [0.717, 1.165) is 22.4 Å². The van der Waals surface area contributed by atoms with Crippen LogP contribution in [0, 0.1) is 20.8 Å². The molecule has 0 bridgehead atoms. The van der Waals surface area contributed by atoms with Gasteiger partial charge in [-0.1, -0.05) is 59.7 Å². The van der Waals surface area contributed by atoms with Gasteiger partial charge in [-0.3, -0.25) is 18.3 Å². The van der Waals surface area contributed by atoms with Crippen molar-refractivity contribution < 1.29 is 0 Å². The molecule has 0 saturated carbocycles. The van der Waals surface area contributed by atoms with Gasteiger partial charge in [0, 0.05) is 18.9 Å². The number of benzene rings is 2. The van der Waals surface area contributed by atoms with Gasteiger partial charge in [0.15, 0.2) is 11.2 Å². The van der Waals surface area contributed by atoms with Crippen LogP contribution in [0.4, 0.5) is 0 Å². The van der Waals surface area contributed by atoms with Crippen LogP contribution in [0.1, 0.15) is 27.9 Å². The van der Waals surface area contributed by atoms with Crippen molar-refractivity contribution >= 4 is 16.9 Å². The molecule has 0 amide bonds. The third-order valence-electron chi connectivity index (χ3n) is 5.99. The third-order valence-corrected chi connectivity index (χ3v) is 5.99. The molecule has 5 rings (SSSR count). The highest BCUT2D eigenvalue weighted by atomic mass is 16.2. The SMILES string of the molecule is Cc1cccc(Cn2c(=O)c3c(nc4n(Cc5cccc(C)c5)c(C)cn34)n(C)c2=O)c1. The second-order valence-electron chi connectivity index (χ2n) is 8.52. The minimum Gasteiger partial charge on any atom is -0.310 e. The van der Waals surface area contributed by atoms with Crippen LogP contribution in [0.25, 0.3) is 16.9 Å². The van der Waals surface area contributed by atoms with Gasteiger partial charge in [0.1, 0.15) is 0 Å². The summed E-state index contributed by atoms with van der Waals surface area (Å²) in [6.07, 6.45) is 1.92. The Morgan fingerprint density at radius 3 is 2.03 bits per heavy atom. The maximum atomic E-state index is 13.5. The lowest BCUT2D eigenvalue weighted by molar-refractivity contribution is 0.656. The van der Waals surface area contributed by atoms with Crippen LogP contribution in [-0.4, -0.2) is 23.1 Å². The van der Waals surface area contributed by atoms with Crippen molar-refractivity contribution in [2.75, 3.05) is 0 Å². The smallest absolute Gasteiger partial charge is 0.310 e. The molecule has 0 radical (unpaired) electrons. The fourth-order valence-corrected chi connectivity index (χ4v) is 4.38. The van der Waals surface area contributed by atoms with Gasteiger partial charge >= 0.3 is 5.69 Å². The zero-order valence-electron chi connectivity index (χ0n) is 18.7. The summed E-state index contributed by atoms with van der Waals surface area (Å²) in [6.45, 7) is 6.92. The molecule has 0 aliphatic carbocycles. The lowest BCUT2D eigenvalue weighted by Crippen LogP contribution is -2.39. The summed E-state index contributed by atoms with van der Waals surface area (Å²) in [5.74, 6) is 0.652. The number of hydrogen-bond acceptors (Lipinski definition) is 3. The van der Waals surface area contributed by atoms with Gasteiger partial charge in [0.05, 0.1) is 13.1 Å². The minimum absolute atomic E-state index is 0.222. The Hall–Kier alpha value is -3.87.